The maximum atomic E-state index is 12.2. The topological polar surface area (TPSA) is 89.9 Å². The van der Waals surface area contributed by atoms with Gasteiger partial charge in [-0.05, 0) is 31.3 Å². The quantitative estimate of drug-likeness (QED) is 0.567. The van der Waals surface area contributed by atoms with Crippen molar-refractivity contribution in [1.82, 2.24) is 10.2 Å². The molecule has 2 amide bonds. The predicted molar refractivity (Wildman–Crippen MR) is 81.1 cm³/mol. The van der Waals surface area contributed by atoms with E-state index in [0.717, 1.165) is 12.8 Å². The maximum Gasteiger partial charge on any atom is 0.326 e. The van der Waals surface area contributed by atoms with Crippen LogP contribution in [0, 0.1) is 0 Å². The number of aliphatic hydroxyl groups is 1. The fraction of sp³-hybridized carbons (Fsp3) is 0.846. The van der Waals surface area contributed by atoms with Crippen LogP contribution in [0.4, 0.5) is 4.79 Å². The molecule has 0 aromatic rings. The molecule has 20 heavy (non-hydrogen) atoms. The lowest BCUT2D eigenvalue weighted by Gasteiger charge is -2.31. The van der Waals surface area contributed by atoms with Crippen LogP contribution in [0.3, 0.4) is 0 Å². The summed E-state index contributed by atoms with van der Waals surface area (Å²) in [5.41, 5.74) is 0. The van der Waals surface area contributed by atoms with Gasteiger partial charge in [-0.1, -0.05) is 13.8 Å². The number of aliphatic carboxylic acids is 1. The van der Waals surface area contributed by atoms with Crippen molar-refractivity contribution >= 4 is 23.8 Å². The van der Waals surface area contributed by atoms with Gasteiger partial charge in [0.2, 0.25) is 0 Å². The molecule has 0 spiro atoms. The highest BCUT2D eigenvalue weighted by Crippen LogP contribution is 2.10. The van der Waals surface area contributed by atoms with Crippen LogP contribution in [0.5, 0.6) is 0 Å². The van der Waals surface area contributed by atoms with Gasteiger partial charge < -0.3 is 20.4 Å². The zero-order valence-corrected chi connectivity index (χ0v) is 13.3. The van der Waals surface area contributed by atoms with Crippen LogP contribution < -0.4 is 5.32 Å². The third kappa shape index (κ3) is 6.47. The highest BCUT2D eigenvalue weighted by atomic mass is 32.2. The lowest BCUT2D eigenvalue weighted by atomic mass is 10.1. The van der Waals surface area contributed by atoms with Crippen molar-refractivity contribution in [2.45, 2.75) is 45.2 Å². The number of carboxylic acids is 1. The Morgan fingerprint density at radius 3 is 2.30 bits per heavy atom. The Balaban J connectivity index is 4.73. The van der Waals surface area contributed by atoms with Gasteiger partial charge in [-0.3, -0.25) is 0 Å². The van der Waals surface area contributed by atoms with Crippen molar-refractivity contribution in [2.24, 2.45) is 0 Å². The first kappa shape index (κ1) is 19.1. The summed E-state index contributed by atoms with van der Waals surface area (Å²) in [5, 5.41) is 20.7. The van der Waals surface area contributed by atoms with Crippen LogP contribution in [0.25, 0.3) is 0 Å². The smallest absolute Gasteiger partial charge is 0.326 e. The van der Waals surface area contributed by atoms with Gasteiger partial charge in [0.1, 0.15) is 6.04 Å². The van der Waals surface area contributed by atoms with Crippen molar-refractivity contribution in [3.63, 3.8) is 0 Å². The Morgan fingerprint density at radius 1 is 1.30 bits per heavy atom. The highest BCUT2D eigenvalue weighted by Gasteiger charge is 2.25. The Hall–Kier alpha value is -0.950. The van der Waals surface area contributed by atoms with E-state index in [-0.39, 0.29) is 19.2 Å². The van der Waals surface area contributed by atoms with E-state index in [1.165, 1.54) is 4.90 Å². The number of rotatable bonds is 10. The molecule has 0 aromatic heterocycles. The molecule has 118 valence electrons. The summed E-state index contributed by atoms with van der Waals surface area (Å²) in [6, 6.07) is -1.29. The molecule has 7 heteroatoms. The van der Waals surface area contributed by atoms with Gasteiger partial charge in [0.15, 0.2) is 0 Å². The van der Waals surface area contributed by atoms with Crippen LogP contribution >= 0.6 is 11.8 Å². The molecule has 0 heterocycles. The van der Waals surface area contributed by atoms with Gasteiger partial charge in [-0.2, -0.15) is 11.8 Å². The Morgan fingerprint density at radius 2 is 1.90 bits per heavy atom. The predicted octanol–water partition coefficient (Wildman–Crippen LogP) is 1.39. The number of nitrogens with one attached hydrogen (secondary N) is 1. The van der Waals surface area contributed by atoms with E-state index in [1.807, 2.05) is 20.1 Å². The average molecular weight is 306 g/mol. The molecule has 0 radical (unpaired) electrons. The van der Waals surface area contributed by atoms with Crippen LogP contribution in [0.15, 0.2) is 0 Å². The molecule has 0 aliphatic carbocycles. The first-order valence-corrected chi connectivity index (χ1v) is 8.30. The SMILES string of the molecule is CCC(CC)N(CCO)C(=O)N[C@H](CCSC)C(=O)O. The average Bonchev–Trinajstić information content (AvgIpc) is 2.43. The van der Waals surface area contributed by atoms with Crippen molar-refractivity contribution in [1.29, 1.82) is 0 Å². The second-order valence-corrected chi connectivity index (χ2v) is 5.49. The minimum absolute atomic E-state index is 0.0112. The largest absolute Gasteiger partial charge is 0.480 e. The van der Waals surface area contributed by atoms with Gasteiger partial charge in [-0.15, -0.1) is 0 Å². The lowest BCUT2D eigenvalue weighted by Crippen LogP contribution is -2.52. The standard InChI is InChI=1S/C13H26N2O4S/c1-4-10(5-2)15(7-8-16)13(19)14-11(12(17)18)6-9-20-3/h10-11,16H,4-9H2,1-3H3,(H,14,19)(H,17,18)/t11-/m1/s1. The zero-order valence-electron chi connectivity index (χ0n) is 12.5. The van der Waals surface area contributed by atoms with Crippen molar-refractivity contribution in [3.8, 4) is 0 Å². The van der Waals surface area contributed by atoms with E-state index in [9.17, 15) is 9.59 Å². The van der Waals surface area contributed by atoms with Gasteiger partial charge in [0.25, 0.3) is 0 Å². The molecule has 0 aliphatic rings. The summed E-state index contributed by atoms with van der Waals surface area (Å²) < 4.78 is 0. The maximum absolute atomic E-state index is 12.2. The van der Waals surface area contributed by atoms with E-state index in [2.05, 4.69) is 5.32 Å². The molecule has 0 bridgehead atoms. The minimum Gasteiger partial charge on any atom is -0.480 e. The fourth-order valence-electron chi connectivity index (χ4n) is 2.01. The molecule has 0 rings (SSSR count). The zero-order chi connectivity index (χ0) is 15.5. The molecule has 3 N–H and O–H groups in total. The Labute approximate surface area is 124 Å². The molecule has 0 saturated heterocycles. The summed E-state index contributed by atoms with van der Waals surface area (Å²) in [5.74, 6) is -0.358. The van der Waals surface area contributed by atoms with E-state index in [4.69, 9.17) is 10.2 Å². The number of hydrogen-bond acceptors (Lipinski definition) is 4. The molecule has 0 saturated carbocycles. The summed E-state index contributed by atoms with van der Waals surface area (Å²) in [6.45, 7) is 4.02. The molecular formula is C13H26N2O4S. The molecule has 0 aromatic carbocycles. The summed E-state index contributed by atoms with van der Waals surface area (Å²) in [6.07, 6.45) is 3.82. The number of carbonyl (C=O) groups is 2. The molecule has 0 aliphatic heterocycles. The van der Waals surface area contributed by atoms with Crippen molar-refractivity contribution in [2.75, 3.05) is 25.2 Å². The number of thioether (sulfide) groups is 1. The van der Waals surface area contributed by atoms with Gasteiger partial charge in [0, 0.05) is 12.6 Å². The number of amides is 2. The normalized spacial score (nSPS) is 12.2. The first-order valence-electron chi connectivity index (χ1n) is 6.91. The molecule has 1 atom stereocenters. The molecule has 6 nitrogen and oxygen atoms in total. The van der Waals surface area contributed by atoms with Crippen LogP contribution in [-0.4, -0.2) is 64.4 Å². The number of carbonyl (C=O) groups excluding carboxylic acids is 1. The number of aliphatic hydroxyl groups excluding tert-OH is 1. The number of hydrogen-bond donors (Lipinski definition) is 3. The summed E-state index contributed by atoms with van der Waals surface area (Å²) >= 11 is 1.54. The highest BCUT2D eigenvalue weighted by molar-refractivity contribution is 7.98. The van der Waals surface area contributed by atoms with E-state index in [0.29, 0.717) is 12.2 Å². The van der Waals surface area contributed by atoms with E-state index >= 15 is 0 Å². The Bertz CT molecular complexity index is 298. The Kier molecular flexibility index (Phi) is 10.3. The molecule has 0 unspecified atom stereocenters. The second kappa shape index (κ2) is 10.8. The first-order chi connectivity index (χ1) is 9.51. The summed E-state index contributed by atoms with van der Waals surface area (Å²) in [4.78, 5) is 24.9. The van der Waals surface area contributed by atoms with Gasteiger partial charge in [-0.25, -0.2) is 9.59 Å². The minimum atomic E-state index is -1.03. The number of urea groups is 1. The number of carboxylic acid groups (broad SMARTS) is 1. The number of nitrogens with zero attached hydrogens (tertiary/aromatic N) is 1. The lowest BCUT2D eigenvalue weighted by molar-refractivity contribution is -0.139. The van der Waals surface area contributed by atoms with Crippen molar-refractivity contribution in [3.05, 3.63) is 0 Å². The third-order valence-electron chi connectivity index (χ3n) is 3.19. The van der Waals surface area contributed by atoms with Crippen LogP contribution in [-0.2, 0) is 4.79 Å². The molecule has 0 fully saturated rings. The second-order valence-electron chi connectivity index (χ2n) is 4.51. The van der Waals surface area contributed by atoms with E-state index in [1.54, 1.807) is 11.8 Å². The van der Waals surface area contributed by atoms with Crippen LogP contribution in [0.2, 0.25) is 0 Å². The van der Waals surface area contributed by atoms with Gasteiger partial charge >= 0.3 is 12.0 Å². The van der Waals surface area contributed by atoms with E-state index < -0.39 is 18.0 Å². The fourth-order valence-corrected chi connectivity index (χ4v) is 2.48. The third-order valence-corrected chi connectivity index (χ3v) is 3.84. The monoisotopic (exact) mass is 306 g/mol. The summed E-state index contributed by atoms with van der Waals surface area (Å²) in [7, 11) is 0. The van der Waals surface area contributed by atoms with Crippen molar-refractivity contribution < 1.29 is 19.8 Å². The van der Waals surface area contributed by atoms with Crippen LogP contribution in [0.1, 0.15) is 33.1 Å². The molecular weight excluding hydrogens is 280 g/mol. The van der Waals surface area contributed by atoms with Gasteiger partial charge in [0.05, 0.1) is 6.61 Å².